The summed E-state index contributed by atoms with van der Waals surface area (Å²) in [6, 6.07) is 5.36. The fourth-order valence-corrected chi connectivity index (χ4v) is 3.50. The smallest absolute Gasteiger partial charge is 0.251 e. The number of unbranched alkanes of at least 4 members (excludes halogenated alkanes) is 1. The van der Waals surface area contributed by atoms with Gasteiger partial charge in [0.2, 0.25) is 5.95 Å². The number of hydrogen-bond donors (Lipinski definition) is 3. The molecule has 0 amide bonds. The van der Waals surface area contributed by atoms with Crippen molar-refractivity contribution in [3.05, 3.63) is 40.9 Å². The normalized spacial score (nSPS) is 13.4. The highest BCUT2D eigenvalue weighted by molar-refractivity contribution is 5.89. The second-order valence-corrected chi connectivity index (χ2v) is 8.72. The molecule has 32 heavy (non-hydrogen) atoms. The Bertz CT molecular complexity index is 1130. The molecule has 0 aliphatic carbocycles. The molecule has 0 fully saturated rings. The largest absolute Gasteiger partial charge is 0.394 e. The number of fused-ring (bicyclic) bond motifs is 1. The van der Waals surface area contributed by atoms with Crippen LogP contribution in [0.3, 0.4) is 0 Å². The number of nitrogens with zero attached hydrogens (tertiary/aromatic N) is 5. The minimum Gasteiger partial charge on any atom is -0.394 e. The van der Waals surface area contributed by atoms with Gasteiger partial charge in [0.15, 0.2) is 5.82 Å². The predicted octanol–water partition coefficient (Wildman–Crippen LogP) is 2.35. The predicted molar refractivity (Wildman–Crippen MR) is 129 cm³/mol. The number of pyridine rings is 2. The fraction of sp³-hybridized carbons (Fsp3) is 0.478. The molecule has 9 nitrogen and oxygen atoms in total. The van der Waals surface area contributed by atoms with Gasteiger partial charge < -0.3 is 25.6 Å². The van der Waals surface area contributed by atoms with Crippen molar-refractivity contribution in [2.45, 2.75) is 45.2 Å². The van der Waals surface area contributed by atoms with Crippen molar-refractivity contribution >= 4 is 22.8 Å². The van der Waals surface area contributed by atoms with Gasteiger partial charge in [-0.3, -0.25) is 9.78 Å². The summed E-state index contributed by atoms with van der Waals surface area (Å²) in [5.41, 5.74) is 8.04. The SMILES string of the molecule is CCCC[C@](C)(CO)Nc1nc(N)nc2cc(-c3ccn(CCN(C)C)c(=O)c3)cnc12. The van der Waals surface area contributed by atoms with E-state index in [0.29, 0.717) is 23.4 Å². The Balaban J connectivity index is 1.94. The first-order chi connectivity index (χ1) is 15.2. The maximum atomic E-state index is 12.5. The summed E-state index contributed by atoms with van der Waals surface area (Å²) >= 11 is 0. The Hall–Kier alpha value is -3.04. The van der Waals surface area contributed by atoms with Crippen molar-refractivity contribution in [2.75, 3.05) is 38.3 Å². The number of hydrogen-bond acceptors (Lipinski definition) is 8. The van der Waals surface area contributed by atoms with Gasteiger partial charge in [-0.2, -0.15) is 4.98 Å². The van der Waals surface area contributed by atoms with Crippen LogP contribution in [0.5, 0.6) is 0 Å². The van der Waals surface area contributed by atoms with Crippen LogP contribution in [0.2, 0.25) is 0 Å². The van der Waals surface area contributed by atoms with Gasteiger partial charge in [0.25, 0.3) is 5.56 Å². The molecule has 0 aliphatic heterocycles. The molecule has 0 bridgehead atoms. The van der Waals surface area contributed by atoms with Crippen molar-refractivity contribution in [3.63, 3.8) is 0 Å². The molecule has 0 spiro atoms. The Morgan fingerprint density at radius 1 is 1.25 bits per heavy atom. The molecule has 3 rings (SSSR count). The Labute approximate surface area is 188 Å². The zero-order chi connectivity index (χ0) is 23.3. The third-order valence-corrected chi connectivity index (χ3v) is 5.52. The molecule has 3 aromatic heterocycles. The number of nitrogens with two attached hydrogens (primary N) is 1. The summed E-state index contributed by atoms with van der Waals surface area (Å²) in [6.07, 6.45) is 6.29. The number of aromatic nitrogens is 4. The van der Waals surface area contributed by atoms with Crippen LogP contribution in [0.4, 0.5) is 11.8 Å². The van der Waals surface area contributed by atoms with Crippen molar-refractivity contribution < 1.29 is 5.11 Å². The molecule has 9 heteroatoms. The van der Waals surface area contributed by atoms with Crippen LogP contribution in [0.15, 0.2) is 35.4 Å². The van der Waals surface area contributed by atoms with Crippen LogP contribution < -0.4 is 16.6 Å². The lowest BCUT2D eigenvalue weighted by Gasteiger charge is -2.29. The van der Waals surface area contributed by atoms with E-state index in [1.54, 1.807) is 23.0 Å². The standard InChI is InChI=1S/C23H33N7O2/c1-5-6-8-23(2,15-31)28-21-20-18(26-22(24)27-21)12-17(14-25-20)16-7-9-30(19(32)13-16)11-10-29(3)4/h7,9,12-14,31H,5-6,8,10-11,15H2,1-4H3,(H3,24,26,27,28)/t23-/m1/s1. The highest BCUT2D eigenvalue weighted by atomic mass is 16.3. The van der Waals surface area contributed by atoms with E-state index in [9.17, 15) is 9.90 Å². The number of nitrogens with one attached hydrogen (secondary N) is 1. The second-order valence-electron chi connectivity index (χ2n) is 8.72. The van der Waals surface area contributed by atoms with Crippen molar-refractivity contribution in [1.82, 2.24) is 24.4 Å². The van der Waals surface area contributed by atoms with Gasteiger partial charge in [-0.05, 0) is 45.1 Å². The van der Waals surface area contributed by atoms with Gasteiger partial charge in [-0.15, -0.1) is 0 Å². The zero-order valence-corrected chi connectivity index (χ0v) is 19.3. The quantitative estimate of drug-likeness (QED) is 0.440. The van der Waals surface area contributed by atoms with Crippen LogP contribution in [-0.2, 0) is 6.54 Å². The first-order valence-corrected chi connectivity index (χ1v) is 10.9. The molecule has 1 atom stereocenters. The average Bonchev–Trinajstić information content (AvgIpc) is 2.76. The third kappa shape index (κ3) is 5.60. The summed E-state index contributed by atoms with van der Waals surface area (Å²) in [6.45, 7) is 5.43. The van der Waals surface area contributed by atoms with Crippen molar-refractivity contribution in [1.29, 1.82) is 0 Å². The van der Waals surface area contributed by atoms with E-state index in [1.807, 2.05) is 38.1 Å². The molecule has 0 saturated heterocycles. The molecule has 3 aromatic rings. The Morgan fingerprint density at radius 3 is 2.69 bits per heavy atom. The molecule has 0 saturated carbocycles. The molecular formula is C23H33N7O2. The van der Waals surface area contributed by atoms with Crippen molar-refractivity contribution in [2.24, 2.45) is 0 Å². The molecule has 0 radical (unpaired) electrons. The number of aliphatic hydroxyl groups is 1. The van der Waals surface area contributed by atoms with Gasteiger partial charge >= 0.3 is 0 Å². The molecule has 0 aliphatic rings. The first-order valence-electron chi connectivity index (χ1n) is 10.9. The monoisotopic (exact) mass is 439 g/mol. The maximum absolute atomic E-state index is 12.5. The van der Waals surface area contributed by atoms with Gasteiger partial charge in [-0.1, -0.05) is 19.8 Å². The fourth-order valence-electron chi connectivity index (χ4n) is 3.50. The van der Waals surface area contributed by atoms with E-state index in [0.717, 1.165) is 36.9 Å². The van der Waals surface area contributed by atoms with Gasteiger partial charge in [0, 0.05) is 37.1 Å². The minimum absolute atomic E-state index is 0.0411. The minimum atomic E-state index is -0.541. The van der Waals surface area contributed by atoms with E-state index in [1.165, 1.54) is 0 Å². The number of likely N-dealkylation sites (N-methyl/N-ethyl adjacent to an activating group) is 1. The van der Waals surface area contributed by atoms with E-state index < -0.39 is 5.54 Å². The Morgan fingerprint density at radius 2 is 2.03 bits per heavy atom. The molecule has 0 aromatic carbocycles. The molecule has 0 unspecified atom stereocenters. The second kappa shape index (κ2) is 10.1. The number of nitrogen functional groups attached to an aromatic ring is 1. The van der Waals surface area contributed by atoms with E-state index in [4.69, 9.17) is 5.73 Å². The van der Waals surface area contributed by atoms with Crippen LogP contribution >= 0.6 is 0 Å². The molecule has 3 heterocycles. The zero-order valence-electron chi connectivity index (χ0n) is 19.3. The number of anilines is 2. The van der Waals surface area contributed by atoms with Gasteiger partial charge in [0.1, 0.15) is 5.52 Å². The van der Waals surface area contributed by atoms with Crippen molar-refractivity contribution in [3.8, 4) is 11.1 Å². The first kappa shape index (κ1) is 23.6. The van der Waals surface area contributed by atoms with Crippen LogP contribution in [0.25, 0.3) is 22.2 Å². The lowest BCUT2D eigenvalue weighted by atomic mass is 9.96. The van der Waals surface area contributed by atoms with E-state index in [-0.39, 0.29) is 18.1 Å². The topological polar surface area (TPSA) is 122 Å². The van der Waals surface area contributed by atoms with Crippen LogP contribution in [0, 0.1) is 0 Å². The Kier molecular flexibility index (Phi) is 7.42. The molecule has 172 valence electrons. The molecule has 4 N–H and O–H groups in total. The average molecular weight is 440 g/mol. The van der Waals surface area contributed by atoms with Crippen LogP contribution in [0.1, 0.15) is 33.1 Å². The van der Waals surface area contributed by atoms with Gasteiger partial charge in [-0.25, -0.2) is 4.98 Å². The number of aliphatic hydroxyl groups excluding tert-OH is 1. The van der Waals surface area contributed by atoms with Gasteiger partial charge in [0.05, 0.1) is 17.7 Å². The van der Waals surface area contributed by atoms with E-state index in [2.05, 4.69) is 27.2 Å². The molecular weight excluding hydrogens is 406 g/mol. The van der Waals surface area contributed by atoms with E-state index >= 15 is 0 Å². The summed E-state index contributed by atoms with van der Waals surface area (Å²) in [4.78, 5) is 27.8. The highest BCUT2D eigenvalue weighted by Gasteiger charge is 2.24. The third-order valence-electron chi connectivity index (χ3n) is 5.52. The highest BCUT2D eigenvalue weighted by Crippen LogP contribution is 2.28. The lowest BCUT2D eigenvalue weighted by molar-refractivity contribution is 0.212. The summed E-state index contributed by atoms with van der Waals surface area (Å²) in [7, 11) is 3.95. The lowest BCUT2D eigenvalue weighted by Crippen LogP contribution is -2.39. The van der Waals surface area contributed by atoms with Crippen LogP contribution in [-0.4, -0.2) is 62.3 Å². The maximum Gasteiger partial charge on any atom is 0.251 e. The summed E-state index contributed by atoms with van der Waals surface area (Å²) in [5, 5.41) is 13.3. The summed E-state index contributed by atoms with van der Waals surface area (Å²) < 4.78 is 1.69. The number of rotatable bonds is 10. The summed E-state index contributed by atoms with van der Waals surface area (Å²) in [5.74, 6) is 0.611.